The Morgan fingerprint density at radius 1 is 1.08 bits per heavy atom. The molecule has 0 saturated carbocycles. The van der Waals surface area contributed by atoms with Crippen molar-refractivity contribution in [3.63, 3.8) is 0 Å². The van der Waals surface area contributed by atoms with E-state index in [-0.39, 0.29) is 5.56 Å². The van der Waals surface area contributed by atoms with Crippen molar-refractivity contribution in [1.29, 1.82) is 0 Å². The third kappa shape index (κ3) is 2.91. The minimum absolute atomic E-state index is 0.0931. The van der Waals surface area contributed by atoms with E-state index in [0.29, 0.717) is 11.9 Å². The Morgan fingerprint density at radius 3 is 2.62 bits per heavy atom. The molecule has 0 fully saturated rings. The monoisotopic (exact) mass is 362 g/mol. The number of methoxy groups -OCH3 is 1. The maximum atomic E-state index is 13.0. The molecule has 0 amide bonds. The summed E-state index contributed by atoms with van der Waals surface area (Å²) in [5.74, 6) is 0.759. The summed E-state index contributed by atoms with van der Waals surface area (Å²) in [6.45, 7) is 2.39. The van der Waals surface area contributed by atoms with Gasteiger partial charge in [-0.3, -0.25) is 4.79 Å². The second kappa shape index (κ2) is 6.77. The molecule has 0 aliphatic rings. The fraction of sp³-hybridized carbons (Fsp3) is 0.143. The third-order valence-corrected chi connectivity index (χ3v) is 5.25. The summed E-state index contributed by atoms with van der Waals surface area (Å²) in [4.78, 5) is 14.0. The standard InChI is InChI=1S/C21H18N2O2S/c1-14-9-10-18(25-2)15(12-14)13-23-21(24)17-7-4-3-6-16(17)20(22-23)19-8-5-11-26-19/h3-12H,13H2,1-2H3. The molecule has 2 aromatic carbocycles. The van der Waals surface area contributed by atoms with Crippen LogP contribution in [0.1, 0.15) is 11.1 Å². The largest absolute Gasteiger partial charge is 0.496 e. The highest BCUT2D eigenvalue weighted by molar-refractivity contribution is 7.13. The van der Waals surface area contributed by atoms with Gasteiger partial charge in [0.25, 0.3) is 5.56 Å². The highest BCUT2D eigenvalue weighted by atomic mass is 32.1. The van der Waals surface area contributed by atoms with Crippen molar-refractivity contribution in [2.24, 2.45) is 0 Å². The normalized spacial score (nSPS) is 11.0. The number of hydrogen-bond donors (Lipinski definition) is 0. The minimum atomic E-state index is -0.0931. The third-order valence-electron chi connectivity index (χ3n) is 4.38. The first kappa shape index (κ1) is 16.5. The van der Waals surface area contributed by atoms with Crippen molar-refractivity contribution >= 4 is 22.1 Å². The Labute approximate surface area is 155 Å². The van der Waals surface area contributed by atoms with E-state index in [1.807, 2.05) is 66.9 Å². The molecule has 0 radical (unpaired) electrons. The summed E-state index contributed by atoms with van der Waals surface area (Å²) >= 11 is 1.62. The quantitative estimate of drug-likeness (QED) is 0.537. The number of aryl methyl sites for hydroxylation is 1. The van der Waals surface area contributed by atoms with E-state index in [0.717, 1.165) is 32.8 Å². The maximum absolute atomic E-state index is 13.0. The van der Waals surface area contributed by atoms with Crippen LogP contribution in [-0.4, -0.2) is 16.9 Å². The van der Waals surface area contributed by atoms with E-state index in [2.05, 4.69) is 0 Å². The number of benzene rings is 2. The second-order valence-corrected chi connectivity index (χ2v) is 7.10. The number of nitrogens with zero attached hydrogens (tertiary/aromatic N) is 2. The van der Waals surface area contributed by atoms with Crippen LogP contribution in [0.15, 0.2) is 64.8 Å². The second-order valence-electron chi connectivity index (χ2n) is 6.15. The van der Waals surface area contributed by atoms with Crippen LogP contribution in [0.3, 0.4) is 0 Å². The average Bonchev–Trinajstić information content (AvgIpc) is 3.19. The Kier molecular flexibility index (Phi) is 4.31. The van der Waals surface area contributed by atoms with Gasteiger partial charge in [0.15, 0.2) is 0 Å². The van der Waals surface area contributed by atoms with Gasteiger partial charge in [-0.15, -0.1) is 11.3 Å². The lowest BCUT2D eigenvalue weighted by Gasteiger charge is -2.13. The van der Waals surface area contributed by atoms with Crippen molar-refractivity contribution < 1.29 is 4.74 Å². The van der Waals surface area contributed by atoms with Gasteiger partial charge in [-0.2, -0.15) is 5.10 Å². The zero-order valence-electron chi connectivity index (χ0n) is 14.6. The number of rotatable bonds is 4. The number of hydrogen-bond acceptors (Lipinski definition) is 4. The SMILES string of the molecule is COc1ccc(C)cc1Cn1nc(-c2cccs2)c2ccccc2c1=O. The van der Waals surface area contributed by atoms with E-state index < -0.39 is 0 Å². The van der Waals surface area contributed by atoms with Crippen LogP contribution in [0, 0.1) is 6.92 Å². The summed E-state index contributed by atoms with van der Waals surface area (Å²) in [6, 6.07) is 17.6. The van der Waals surface area contributed by atoms with Crippen LogP contribution in [0.2, 0.25) is 0 Å². The van der Waals surface area contributed by atoms with Crippen LogP contribution in [0.5, 0.6) is 5.75 Å². The lowest BCUT2D eigenvalue weighted by atomic mass is 10.1. The van der Waals surface area contributed by atoms with Crippen LogP contribution in [0.25, 0.3) is 21.3 Å². The fourth-order valence-corrected chi connectivity index (χ4v) is 3.85. The molecule has 0 unspecified atom stereocenters. The summed E-state index contributed by atoms with van der Waals surface area (Å²) in [7, 11) is 1.64. The Morgan fingerprint density at radius 2 is 1.88 bits per heavy atom. The molecule has 0 aliphatic carbocycles. The Balaban J connectivity index is 1.93. The average molecular weight is 362 g/mol. The molecule has 0 N–H and O–H groups in total. The number of thiophene rings is 1. The molecular formula is C21H18N2O2S. The van der Waals surface area contributed by atoms with Gasteiger partial charge in [0.2, 0.25) is 0 Å². The van der Waals surface area contributed by atoms with Crippen LogP contribution in [0.4, 0.5) is 0 Å². The van der Waals surface area contributed by atoms with Crippen molar-refractivity contribution in [3.8, 4) is 16.3 Å². The van der Waals surface area contributed by atoms with E-state index >= 15 is 0 Å². The van der Waals surface area contributed by atoms with E-state index in [9.17, 15) is 4.79 Å². The van der Waals surface area contributed by atoms with Crippen molar-refractivity contribution in [1.82, 2.24) is 9.78 Å². The molecule has 2 aromatic heterocycles. The van der Waals surface area contributed by atoms with Gasteiger partial charge >= 0.3 is 0 Å². The molecule has 130 valence electrons. The smallest absolute Gasteiger partial charge is 0.274 e. The minimum Gasteiger partial charge on any atom is -0.496 e. The lowest BCUT2D eigenvalue weighted by Crippen LogP contribution is -2.24. The molecule has 0 saturated heterocycles. The predicted molar refractivity (Wildman–Crippen MR) is 106 cm³/mol. The molecule has 4 aromatic rings. The van der Waals surface area contributed by atoms with Gasteiger partial charge in [0.05, 0.1) is 23.9 Å². The topological polar surface area (TPSA) is 44.1 Å². The number of ether oxygens (including phenoxy) is 1. The molecule has 0 spiro atoms. The molecular weight excluding hydrogens is 344 g/mol. The van der Waals surface area contributed by atoms with Crippen molar-refractivity contribution in [3.05, 3.63) is 81.5 Å². The molecule has 5 heteroatoms. The summed E-state index contributed by atoms with van der Waals surface area (Å²) in [5, 5.41) is 8.28. The van der Waals surface area contributed by atoms with Gasteiger partial charge < -0.3 is 4.74 Å². The van der Waals surface area contributed by atoms with E-state index in [1.165, 1.54) is 4.68 Å². The number of fused-ring (bicyclic) bond motifs is 1. The van der Waals surface area contributed by atoms with E-state index in [1.54, 1.807) is 18.4 Å². The maximum Gasteiger partial charge on any atom is 0.274 e. The van der Waals surface area contributed by atoms with Gasteiger partial charge in [0.1, 0.15) is 11.4 Å². The van der Waals surface area contributed by atoms with Crippen molar-refractivity contribution in [2.75, 3.05) is 7.11 Å². The highest BCUT2D eigenvalue weighted by Crippen LogP contribution is 2.28. The fourth-order valence-electron chi connectivity index (χ4n) is 3.13. The molecule has 0 bridgehead atoms. The molecule has 2 heterocycles. The van der Waals surface area contributed by atoms with Crippen LogP contribution < -0.4 is 10.3 Å². The van der Waals surface area contributed by atoms with Gasteiger partial charge in [-0.05, 0) is 30.5 Å². The van der Waals surface area contributed by atoms with Gasteiger partial charge in [-0.25, -0.2) is 4.68 Å². The van der Waals surface area contributed by atoms with E-state index in [4.69, 9.17) is 9.84 Å². The van der Waals surface area contributed by atoms with Gasteiger partial charge in [-0.1, -0.05) is 42.0 Å². The molecule has 4 rings (SSSR count). The summed E-state index contributed by atoms with van der Waals surface area (Å²) in [6.07, 6.45) is 0. The van der Waals surface area contributed by atoms with Crippen LogP contribution in [-0.2, 0) is 6.54 Å². The molecule has 4 nitrogen and oxygen atoms in total. The Bertz CT molecular complexity index is 1130. The Hall–Kier alpha value is -2.92. The first-order valence-electron chi connectivity index (χ1n) is 8.34. The van der Waals surface area contributed by atoms with Gasteiger partial charge in [0, 0.05) is 10.9 Å². The molecule has 0 aliphatic heterocycles. The lowest BCUT2D eigenvalue weighted by molar-refractivity contribution is 0.407. The zero-order chi connectivity index (χ0) is 18.1. The predicted octanol–water partition coefficient (Wildman–Crippen LogP) is 4.49. The molecule has 0 atom stereocenters. The molecule has 26 heavy (non-hydrogen) atoms. The first-order valence-corrected chi connectivity index (χ1v) is 9.22. The highest BCUT2D eigenvalue weighted by Gasteiger charge is 2.14. The first-order chi connectivity index (χ1) is 12.7. The zero-order valence-corrected chi connectivity index (χ0v) is 15.4. The summed E-state index contributed by atoms with van der Waals surface area (Å²) < 4.78 is 7.00. The number of aromatic nitrogens is 2. The van der Waals surface area contributed by atoms with Crippen molar-refractivity contribution in [2.45, 2.75) is 13.5 Å². The van der Waals surface area contributed by atoms with Crippen LogP contribution >= 0.6 is 11.3 Å². The summed E-state index contributed by atoms with van der Waals surface area (Å²) in [5.41, 5.74) is 2.80.